The summed E-state index contributed by atoms with van der Waals surface area (Å²) < 4.78 is 0. The van der Waals surface area contributed by atoms with E-state index in [0.717, 1.165) is 6.42 Å². The first-order valence-electron chi connectivity index (χ1n) is 6.53. The number of amides is 2. The summed E-state index contributed by atoms with van der Waals surface area (Å²) in [6, 6.07) is -0.208. The maximum absolute atomic E-state index is 11.5. The lowest BCUT2D eigenvalue weighted by Crippen LogP contribution is -2.46. The van der Waals surface area contributed by atoms with Gasteiger partial charge < -0.3 is 15.7 Å². The van der Waals surface area contributed by atoms with Crippen molar-refractivity contribution in [1.29, 1.82) is 0 Å². The van der Waals surface area contributed by atoms with Crippen molar-refractivity contribution in [3.05, 3.63) is 0 Å². The number of nitrogens with one attached hydrogen (secondary N) is 2. The lowest BCUT2D eigenvalue weighted by atomic mass is 9.95. The van der Waals surface area contributed by atoms with Crippen LogP contribution in [0, 0.1) is 5.92 Å². The van der Waals surface area contributed by atoms with Crippen LogP contribution in [-0.4, -0.2) is 41.3 Å². The molecule has 18 heavy (non-hydrogen) atoms. The van der Waals surface area contributed by atoms with Crippen molar-refractivity contribution in [3.63, 3.8) is 0 Å². The normalized spacial score (nSPS) is 16.2. The Morgan fingerprint density at radius 2 is 1.94 bits per heavy atom. The molecular formula is C13H28N2O2S. The van der Waals surface area contributed by atoms with Crippen LogP contribution in [0.15, 0.2) is 0 Å². The summed E-state index contributed by atoms with van der Waals surface area (Å²) in [5.74, 6) is 0.563. The zero-order valence-corrected chi connectivity index (χ0v) is 13.1. The van der Waals surface area contributed by atoms with Crippen LogP contribution in [0.4, 0.5) is 4.79 Å². The van der Waals surface area contributed by atoms with Gasteiger partial charge in [0, 0.05) is 18.3 Å². The Morgan fingerprint density at radius 1 is 1.33 bits per heavy atom. The maximum Gasteiger partial charge on any atom is 0.314 e. The van der Waals surface area contributed by atoms with E-state index in [4.69, 9.17) is 0 Å². The molecular weight excluding hydrogens is 248 g/mol. The molecule has 0 aliphatic heterocycles. The van der Waals surface area contributed by atoms with Gasteiger partial charge in [-0.2, -0.15) is 11.8 Å². The van der Waals surface area contributed by atoms with Crippen molar-refractivity contribution in [2.24, 2.45) is 5.92 Å². The van der Waals surface area contributed by atoms with Crippen molar-refractivity contribution >= 4 is 17.8 Å². The molecule has 0 aliphatic carbocycles. The van der Waals surface area contributed by atoms with Crippen molar-refractivity contribution in [2.75, 3.05) is 19.3 Å². The van der Waals surface area contributed by atoms with Crippen molar-refractivity contribution in [2.45, 2.75) is 51.4 Å². The fourth-order valence-corrected chi connectivity index (χ4v) is 1.59. The molecule has 2 amide bonds. The predicted octanol–water partition coefficient (Wildman–Crippen LogP) is 2.22. The van der Waals surface area contributed by atoms with E-state index in [1.165, 1.54) is 0 Å². The molecule has 0 fully saturated rings. The number of hydrogen-bond acceptors (Lipinski definition) is 3. The molecule has 0 saturated carbocycles. The zero-order valence-electron chi connectivity index (χ0n) is 12.2. The lowest BCUT2D eigenvalue weighted by molar-refractivity contribution is 0.0477. The Balaban J connectivity index is 3.82. The number of hydrogen-bond donors (Lipinski definition) is 3. The lowest BCUT2D eigenvalue weighted by Gasteiger charge is -2.24. The third-order valence-corrected chi connectivity index (χ3v) is 3.81. The second-order valence-corrected chi connectivity index (χ2v) is 6.82. The second-order valence-electron chi connectivity index (χ2n) is 5.54. The summed E-state index contributed by atoms with van der Waals surface area (Å²) in [6.07, 6.45) is 3.67. The highest BCUT2D eigenvalue weighted by Crippen LogP contribution is 2.15. The Labute approximate surface area is 115 Å². The van der Waals surface area contributed by atoms with E-state index in [1.807, 2.05) is 6.26 Å². The van der Waals surface area contributed by atoms with Crippen LogP contribution in [0.1, 0.15) is 40.5 Å². The van der Waals surface area contributed by atoms with Crippen LogP contribution in [0.25, 0.3) is 0 Å². The van der Waals surface area contributed by atoms with Gasteiger partial charge in [0.15, 0.2) is 0 Å². The molecule has 0 saturated heterocycles. The second kappa shape index (κ2) is 8.64. The molecule has 0 bridgehead atoms. The Bertz CT molecular complexity index is 245. The number of aliphatic hydroxyl groups is 1. The van der Waals surface area contributed by atoms with E-state index in [0.29, 0.717) is 30.7 Å². The maximum atomic E-state index is 11.5. The number of carbonyl (C=O) groups excluding carboxylic acids is 1. The first kappa shape index (κ1) is 17.6. The van der Waals surface area contributed by atoms with Gasteiger partial charge in [0.2, 0.25) is 0 Å². The minimum atomic E-state index is -0.827. The minimum absolute atomic E-state index is 0.208. The monoisotopic (exact) mass is 276 g/mol. The van der Waals surface area contributed by atoms with E-state index in [1.54, 1.807) is 18.7 Å². The molecule has 0 heterocycles. The quantitative estimate of drug-likeness (QED) is 0.637. The van der Waals surface area contributed by atoms with E-state index in [2.05, 4.69) is 31.4 Å². The van der Waals surface area contributed by atoms with Gasteiger partial charge in [-0.1, -0.05) is 20.8 Å². The number of carbonyl (C=O) groups is 1. The van der Waals surface area contributed by atoms with Crippen LogP contribution in [-0.2, 0) is 0 Å². The van der Waals surface area contributed by atoms with Crippen LogP contribution < -0.4 is 10.6 Å². The van der Waals surface area contributed by atoms with E-state index < -0.39 is 5.60 Å². The molecule has 5 heteroatoms. The number of urea groups is 1. The van der Waals surface area contributed by atoms with Crippen molar-refractivity contribution < 1.29 is 9.90 Å². The van der Waals surface area contributed by atoms with Crippen LogP contribution in [0.3, 0.4) is 0 Å². The van der Waals surface area contributed by atoms with E-state index >= 15 is 0 Å². The van der Waals surface area contributed by atoms with Gasteiger partial charge in [0.1, 0.15) is 0 Å². The highest BCUT2D eigenvalue weighted by Gasteiger charge is 2.21. The van der Waals surface area contributed by atoms with Gasteiger partial charge in [0.25, 0.3) is 0 Å². The summed E-state index contributed by atoms with van der Waals surface area (Å²) >= 11 is 1.71. The molecule has 3 N–H and O–H groups in total. The minimum Gasteiger partial charge on any atom is -0.388 e. The molecule has 2 atom stereocenters. The molecule has 0 aliphatic rings. The summed E-state index contributed by atoms with van der Waals surface area (Å²) in [7, 11) is 0. The summed E-state index contributed by atoms with van der Waals surface area (Å²) in [4.78, 5) is 11.5. The molecule has 0 spiro atoms. The number of rotatable bonds is 8. The standard InChI is InChI=1S/C13H28N2O2S/c1-10(2)6-7-13(4,17)9-15-12(16)14-8-11(3)18-5/h10-11,17H,6-9H2,1-5H3,(H2,14,15,16). The predicted molar refractivity (Wildman–Crippen MR) is 79.1 cm³/mol. The third-order valence-electron chi connectivity index (χ3n) is 2.84. The first-order chi connectivity index (χ1) is 8.26. The highest BCUT2D eigenvalue weighted by atomic mass is 32.2. The van der Waals surface area contributed by atoms with E-state index in [-0.39, 0.29) is 6.03 Å². The summed E-state index contributed by atoms with van der Waals surface area (Å²) in [5, 5.41) is 16.0. The molecule has 4 nitrogen and oxygen atoms in total. The first-order valence-corrected chi connectivity index (χ1v) is 7.82. The zero-order chi connectivity index (χ0) is 14.2. The average molecular weight is 276 g/mol. The molecule has 0 radical (unpaired) electrons. The summed E-state index contributed by atoms with van der Waals surface area (Å²) in [6.45, 7) is 9.00. The van der Waals surface area contributed by atoms with Crippen molar-refractivity contribution in [1.82, 2.24) is 10.6 Å². The smallest absolute Gasteiger partial charge is 0.314 e. The van der Waals surface area contributed by atoms with Gasteiger partial charge in [-0.15, -0.1) is 0 Å². The Hall–Kier alpha value is -0.420. The van der Waals surface area contributed by atoms with Crippen molar-refractivity contribution in [3.8, 4) is 0 Å². The third kappa shape index (κ3) is 9.59. The van der Waals surface area contributed by atoms with Gasteiger partial charge in [-0.25, -0.2) is 4.79 Å². The molecule has 0 aromatic heterocycles. The van der Waals surface area contributed by atoms with E-state index in [9.17, 15) is 9.90 Å². The van der Waals surface area contributed by atoms with Crippen LogP contribution >= 0.6 is 11.8 Å². The average Bonchev–Trinajstić information content (AvgIpc) is 2.31. The SMILES string of the molecule is CSC(C)CNC(=O)NCC(C)(O)CCC(C)C. The fourth-order valence-electron chi connectivity index (χ4n) is 1.34. The summed E-state index contributed by atoms with van der Waals surface area (Å²) in [5.41, 5.74) is -0.827. The Morgan fingerprint density at radius 3 is 2.44 bits per heavy atom. The largest absolute Gasteiger partial charge is 0.388 e. The van der Waals surface area contributed by atoms with Crippen LogP contribution in [0.5, 0.6) is 0 Å². The van der Waals surface area contributed by atoms with Crippen LogP contribution in [0.2, 0.25) is 0 Å². The number of thioether (sulfide) groups is 1. The fraction of sp³-hybridized carbons (Fsp3) is 0.923. The molecule has 0 aromatic rings. The van der Waals surface area contributed by atoms with Gasteiger partial charge in [-0.05, 0) is 31.9 Å². The molecule has 0 rings (SSSR count). The topological polar surface area (TPSA) is 61.4 Å². The van der Waals surface area contributed by atoms with Gasteiger partial charge >= 0.3 is 6.03 Å². The molecule has 108 valence electrons. The molecule has 0 aromatic carbocycles. The Kier molecular flexibility index (Phi) is 8.44. The highest BCUT2D eigenvalue weighted by molar-refractivity contribution is 7.99. The van der Waals surface area contributed by atoms with Gasteiger partial charge in [0.05, 0.1) is 5.60 Å². The van der Waals surface area contributed by atoms with Gasteiger partial charge in [-0.3, -0.25) is 0 Å². The molecule has 2 unspecified atom stereocenters.